The van der Waals surface area contributed by atoms with E-state index >= 15 is 0 Å². The first-order valence-corrected chi connectivity index (χ1v) is 14.2. The minimum Gasteiger partial charge on any atom is -0.456 e. The number of hydrogen-bond donors (Lipinski definition) is 3. The van der Waals surface area contributed by atoms with Gasteiger partial charge in [0.2, 0.25) is 11.7 Å². The van der Waals surface area contributed by atoms with Crippen molar-refractivity contribution >= 4 is 52.3 Å². The number of allylic oxidation sites excluding steroid dienone is 2. The monoisotopic (exact) mass is 563 g/mol. The Morgan fingerprint density at radius 1 is 1.21 bits per heavy atom. The van der Waals surface area contributed by atoms with E-state index in [1.807, 2.05) is 0 Å². The van der Waals surface area contributed by atoms with Crippen molar-refractivity contribution in [3.63, 3.8) is 0 Å². The van der Waals surface area contributed by atoms with Crippen LogP contribution in [-0.2, 0) is 30.5 Å². The highest BCUT2D eigenvalue weighted by Gasteiger charge is 2.30. The van der Waals surface area contributed by atoms with Crippen molar-refractivity contribution in [2.45, 2.75) is 64.3 Å². The van der Waals surface area contributed by atoms with Crippen molar-refractivity contribution in [1.82, 2.24) is 25.9 Å². The summed E-state index contributed by atoms with van der Waals surface area (Å²) in [6, 6.07) is 0.600. The molecular weight excluding hydrogens is 530 g/mol. The Labute approximate surface area is 230 Å². The normalized spacial score (nSPS) is 20.7. The Balaban J connectivity index is 2.40. The van der Waals surface area contributed by atoms with Crippen LogP contribution < -0.4 is 16.0 Å². The molecule has 0 radical (unpaired) electrons. The summed E-state index contributed by atoms with van der Waals surface area (Å²) in [6.45, 7) is 6.54. The molecular formula is C25H33N5O6S2. The highest BCUT2D eigenvalue weighted by Crippen LogP contribution is 2.15. The number of carbonyl (C=O) groups excluding carboxylic acids is 5. The molecule has 1 aliphatic heterocycles. The molecule has 1 aliphatic rings. The quantitative estimate of drug-likeness (QED) is 0.117. The number of fused-ring (bicyclic) bond motifs is 2. The molecule has 2 heterocycles. The fourth-order valence-electron chi connectivity index (χ4n) is 3.26. The van der Waals surface area contributed by atoms with Crippen molar-refractivity contribution < 1.29 is 28.7 Å². The Morgan fingerprint density at radius 2 is 1.95 bits per heavy atom. The van der Waals surface area contributed by atoms with Gasteiger partial charge >= 0.3 is 5.97 Å². The van der Waals surface area contributed by atoms with Crippen LogP contribution in [-0.4, -0.2) is 62.9 Å². The van der Waals surface area contributed by atoms with Gasteiger partial charge in [0.25, 0.3) is 11.8 Å². The number of ether oxygens (including phenoxy) is 1. The van der Waals surface area contributed by atoms with Gasteiger partial charge in [-0.1, -0.05) is 37.8 Å². The van der Waals surface area contributed by atoms with Crippen molar-refractivity contribution in [3.8, 4) is 0 Å². The first-order chi connectivity index (χ1) is 18.0. The Bertz CT molecular complexity index is 1120. The number of thioether (sulfide) groups is 2. The van der Waals surface area contributed by atoms with E-state index in [0.29, 0.717) is 22.9 Å². The topological polar surface area (TPSA) is 156 Å². The third kappa shape index (κ3) is 9.93. The number of nitrogens with one attached hydrogen (secondary N) is 3. The molecule has 13 heteroatoms. The first-order valence-electron chi connectivity index (χ1n) is 12.0. The van der Waals surface area contributed by atoms with Gasteiger partial charge in [-0.3, -0.25) is 19.2 Å². The molecule has 11 nitrogen and oxygen atoms in total. The molecule has 3 N–H and O–H groups in total. The van der Waals surface area contributed by atoms with Crippen LogP contribution in [0.15, 0.2) is 35.0 Å². The second-order valence-electron chi connectivity index (χ2n) is 8.59. The van der Waals surface area contributed by atoms with E-state index in [0.717, 1.165) is 0 Å². The van der Waals surface area contributed by atoms with Crippen LogP contribution >= 0.6 is 23.5 Å². The van der Waals surface area contributed by atoms with E-state index in [4.69, 9.17) is 4.74 Å². The van der Waals surface area contributed by atoms with E-state index in [1.54, 1.807) is 45.2 Å². The van der Waals surface area contributed by atoms with Crippen LogP contribution in [0.5, 0.6) is 0 Å². The molecule has 38 heavy (non-hydrogen) atoms. The standard InChI is InChI=1S/C25H33N5O6S2/c1-6-18-23(33)30-21(14(2)3)25(35)36-17(9-7-8-10-38-15(4)31)12-19(32)26-13-16-11-20(37-5)29-22(27-16)24(34)28-18/h6-7,9,11,14,17,21H,8,10,12-13H2,1-5H3,(H,26,32)(H,28,34)(H,30,33)/b9-7+,18-6-/t17-,21+/m1/s1. The second kappa shape index (κ2) is 15.3. The fraction of sp³-hybridized carbons (Fsp3) is 0.480. The minimum atomic E-state index is -1.04. The van der Waals surface area contributed by atoms with Gasteiger partial charge in [-0.05, 0) is 37.7 Å². The maximum Gasteiger partial charge on any atom is 0.329 e. The molecule has 2 bridgehead atoms. The summed E-state index contributed by atoms with van der Waals surface area (Å²) >= 11 is 2.47. The molecule has 0 unspecified atom stereocenters. The van der Waals surface area contributed by atoms with Crippen LogP contribution in [0.4, 0.5) is 0 Å². The zero-order chi connectivity index (χ0) is 28.2. The number of cyclic esters (lactones) is 1. The highest BCUT2D eigenvalue weighted by atomic mass is 32.2. The molecule has 1 aromatic rings. The van der Waals surface area contributed by atoms with Crippen molar-refractivity contribution in [2.75, 3.05) is 12.0 Å². The number of aromatic nitrogens is 2. The summed E-state index contributed by atoms with van der Waals surface area (Å²) in [7, 11) is 0. The van der Waals surface area contributed by atoms with Crippen molar-refractivity contribution in [3.05, 3.63) is 41.5 Å². The average molecular weight is 564 g/mol. The van der Waals surface area contributed by atoms with Gasteiger partial charge in [0.15, 0.2) is 5.12 Å². The molecule has 0 spiro atoms. The number of nitrogens with zero attached hydrogens (tertiary/aromatic N) is 2. The first kappa shape index (κ1) is 31.0. The smallest absolute Gasteiger partial charge is 0.329 e. The van der Waals surface area contributed by atoms with Crippen molar-refractivity contribution in [2.24, 2.45) is 5.92 Å². The molecule has 2 rings (SSSR count). The van der Waals surface area contributed by atoms with Crippen molar-refractivity contribution in [1.29, 1.82) is 0 Å². The lowest BCUT2D eigenvalue weighted by molar-refractivity contribution is -0.153. The molecule has 1 aromatic heterocycles. The van der Waals surface area contributed by atoms with Gasteiger partial charge in [-0.15, -0.1) is 11.8 Å². The number of esters is 1. The zero-order valence-corrected chi connectivity index (χ0v) is 23.7. The van der Waals surface area contributed by atoms with Gasteiger partial charge in [0.1, 0.15) is 22.9 Å². The summed E-state index contributed by atoms with van der Waals surface area (Å²) in [5.41, 5.74) is 0.319. The van der Waals surface area contributed by atoms with E-state index in [-0.39, 0.29) is 35.5 Å². The van der Waals surface area contributed by atoms with Gasteiger partial charge in [-0.25, -0.2) is 14.8 Å². The van der Waals surface area contributed by atoms with E-state index in [1.165, 1.54) is 36.5 Å². The average Bonchev–Trinajstić information content (AvgIpc) is 2.87. The van der Waals surface area contributed by atoms with Crippen LogP contribution in [0.2, 0.25) is 0 Å². The lowest BCUT2D eigenvalue weighted by Gasteiger charge is -2.24. The Morgan fingerprint density at radius 3 is 2.58 bits per heavy atom. The van der Waals surface area contributed by atoms with E-state index in [9.17, 15) is 24.0 Å². The van der Waals surface area contributed by atoms with Crippen LogP contribution in [0.3, 0.4) is 0 Å². The van der Waals surface area contributed by atoms with Crippen LogP contribution in [0.1, 0.15) is 56.8 Å². The summed E-state index contributed by atoms with van der Waals surface area (Å²) in [5.74, 6) is -2.49. The molecule has 0 aliphatic carbocycles. The predicted molar refractivity (Wildman–Crippen MR) is 145 cm³/mol. The van der Waals surface area contributed by atoms with Gasteiger partial charge in [-0.2, -0.15) is 0 Å². The predicted octanol–water partition coefficient (Wildman–Crippen LogP) is 2.13. The fourth-order valence-corrected chi connectivity index (χ4v) is 4.23. The third-order valence-electron chi connectivity index (χ3n) is 5.22. The Hall–Kier alpha value is -3.19. The molecule has 206 valence electrons. The maximum atomic E-state index is 13.1. The second-order valence-corrected chi connectivity index (χ2v) is 10.7. The molecule has 2 atom stereocenters. The summed E-state index contributed by atoms with van der Waals surface area (Å²) in [6.07, 6.45) is 6.01. The molecule has 3 amide bonds. The maximum absolute atomic E-state index is 13.1. The summed E-state index contributed by atoms with van der Waals surface area (Å²) in [4.78, 5) is 71.2. The molecule has 0 aromatic carbocycles. The molecule has 0 saturated carbocycles. The summed E-state index contributed by atoms with van der Waals surface area (Å²) in [5, 5.41) is 8.36. The van der Waals surface area contributed by atoms with Crippen LogP contribution in [0, 0.1) is 5.92 Å². The highest BCUT2D eigenvalue weighted by molar-refractivity contribution is 8.13. The minimum absolute atomic E-state index is 0.00127. The number of carbonyl (C=O) groups is 5. The molecule has 0 fully saturated rings. The summed E-state index contributed by atoms with van der Waals surface area (Å²) < 4.78 is 5.63. The third-order valence-corrected chi connectivity index (χ3v) is 6.69. The lowest BCUT2D eigenvalue weighted by Crippen LogP contribution is -2.48. The van der Waals surface area contributed by atoms with Gasteiger partial charge < -0.3 is 20.7 Å². The number of hydrogen-bond acceptors (Lipinski definition) is 10. The number of amides is 3. The van der Waals surface area contributed by atoms with Gasteiger partial charge in [0, 0.05) is 12.7 Å². The Kier molecular flexibility index (Phi) is 12.5. The zero-order valence-electron chi connectivity index (χ0n) is 22.0. The van der Waals surface area contributed by atoms with Crippen LogP contribution in [0.25, 0.3) is 0 Å². The SMILES string of the molecule is C/C=C1\NC(=O)c2nc(cc(SC)n2)CNC(=O)C[C@@H](/C=C/CCSC(C)=O)OC(=O)[C@H](C(C)C)NC1=O. The van der Waals surface area contributed by atoms with E-state index in [2.05, 4.69) is 25.9 Å². The number of rotatable bonds is 6. The lowest BCUT2D eigenvalue weighted by atomic mass is 10.0. The largest absolute Gasteiger partial charge is 0.456 e. The molecule has 0 saturated heterocycles. The van der Waals surface area contributed by atoms with Gasteiger partial charge in [0.05, 0.1) is 18.7 Å². The van der Waals surface area contributed by atoms with E-state index < -0.39 is 35.8 Å².